The fraction of sp³-hybridized carbons (Fsp3) is 0.304. The Morgan fingerprint density at radius 2 is 1.65 bits per heavy atom. The van der Waals surface area contributed by atoms with Crippen LogP contribution in [0.4, 0.5) is 11.7 Å². The average Bonchev–Trinajstić information content (AvgIpc) is 3.28. The Morgan fingerprint density at radius 3 is 2.29 bits per heavy atom. The number of benzene rings is 2. The van der Waals surface area contributed by atoms with Gasteiger partial charge in [0.15, 0.2) is 0 Å². The van der Waals surface area contributed by atoms with Crippen molar-refractivity contribution < 1.29 is 27.2 Å². The SMILES string of the molecule is CC(=O)OC1CCC(c2ccc(NC(=O)c3nnc(NS(=O)(=O)c4ccccc4)o3)cc2)CC1. The van der Waals surface area contributed by atoms with Gasteiger partial charge >= 0.3 is 23.8 Å². The molecular weight excluding hydrogens is 460 g/mol. The van der Waals surface area contributed by atoms with Crippen molar-refractivity contribution in [1.82, 2.24) is 10.2 Å². The minimum Gasteiger partial charge on any atom is -0.463 e. The van der Waals surface area contributed by atoms with Crippen LogP contribution in [0.1, 0.15) is 54.8 Å². The zero-order valence-corrected chi connectivity index (χ0v) is 19.2. The number of carbonyl (C=O) groups excluding carboxylic acids is 2. The van der Waals surface area contributed by atoms with E-state index in [1.807, 2.05) is 12.1 Å². The van der Waals surface area contributed by atoms with Gasteiger partial charge in [-0.1, -0.05) is 35.4 Å². The Morgan fingerprint density at radius 1 is 0.971 bits per heavy atom. The first kappa shape index (κ1) is 23.4. The number of nitrogens with one attached hydrogen (secondary N) is 2. The zero-order chi connectivity index (χ0) is 24.1. The minimum atomic E-state index is -3.91. The number of hydrogen-bond acceptors (Lipinski definition) is 8. The van der Waals surface area contributed by atoms with Crippen LogP contribution >= 0.6 is 0 Å². The Kier molecular flexibility index (Phi) is 6.92. The number of rotatable bonds is 7. The van der Waals surface area contributed by atoms with Crippen molar-refractivity contribution in [3.8, 4) is 0 Å². The second-order valence-electron chi connectivity index (χ2n) is 7.99. The third-order valence-electron chi connectivity index (χ3n) is 5.54. The van der Waals surface area contributed by atoms with Gasteiger partial charge in [-0.05, 0) is 61.4 Å². The summed E-state index contributed by atoms with van der Waals surface area (Å²) in [6, 6.07) is 14.7. The predicted molar refractivity (Wildman–Crippen MR) is 123 cm³/mol. The van der Waals surface area contributed by atoms with Gasteiger partial charge in [0.25, 0.3) is 10.0 Å². The van der Waals surface area contributed by atoms with Crippen LogP contribution in [0.5, 0.6) is 0 Å². The Labute approximate surface area is 196 Å². The molecule has 2 aromatic carbocycles. The fourth-order valence-electron chi connectivity index (χ4n) is 3.90. The normalized spacial score (nSPS) is 18.1. The summed E-state index contributed by atoms with van der Waals surface area (Å²) >= 11 is 0. The van der Waals surface area contributed by atoms with E-state index in [2.05, 4.69) is 20.2 Å². The van der Waals surface area contributed by atoms with Crippen LogP contribution in [0.25, 0.3) is 0 Å². The number of esters is 1. The van der Waals surface area contributed by atoms with Crippen molar-refractivity contribution in [2.45, 2.75) is 49.5 Å². The van der Waals surface area contributed by atoms with Crippen LogP contribution in [0.15, 0.2) is 63.9 Å². The minimum absolute atomic E-state index is 0.0104. The first-order valence-corrected chi connectivity index (χ1v) is 12.3. The molecule has 0 bridgehead atoms. The lowest BCUT2D eigenvalue weighted by Gasteiger charge is -2.28. The van der Waals surface area contributed by atoms with Gasteiger partial charge in [0.1, 0.15) is 6.10 Å². The van der Waals surface area contributed by atoms with E-state index in [4.69, 9.17) is 9.15 Å². The third-order valence-corrected chi connectivity index (χ3v) is 6.88. The van der Waals surface area contributed by atoms with E-state index < -0.39 is 21.9 Å². The van der Waals surface area contributed by atoms with Crippen LogP contribution in [-0.4, -0.2) is 36.6 Å². The van der Waals surface area contributed by atoms with Crippen molar-refractivity contribution in [3.63, 3.8) is 0 Å². The van der Waals surface area contributed by atoms with E-state index in [0.29, 0.717) is 11.6 Å². The number of amides is 1. The van der Waals surface area contributed by atoms with Gasteiger partial charge in [-0.3, -0.25) is 9.59 Å². The highest BCUT2D eigenvalue weighted by atomic mass is 32.2. The molecule has 1 fully saturated rings. The highest BCUT2D eigenvalue weighted by Gasteiger charge is 2.24. The molecule has 1 amide bonds. The van der Waals surface area contributed by atoms with Crippen LogP contribution in [0.2, 0.25) is 0 Å². The molecule has 0 atom stereocenters. The molecule has 1 heterocycles. The van der Waals surface area contributed by atoms with E-state index in [-0.39, 0.29) is 22.9 Å². The summed E-state index contributed by atoms with van der Waals surface area (Å²) in [7, 11) is -3.91. The maximum Gasteiger partial charge on any atom is 0.330 e. The molecule has 34 heavy (non-hydrogen) atoms. The maximum absolute atomic E-state index is 12.4. The fourth-order valence-corrected chi connectivity index (χ4v) is 4.85. The lowest BCUT2D eigenvalue weighted by atomic mass is 9.82. The van der Waals surface area contributed by atoms with E-state index in [0.717, 1.165) is 31.2 Å². The molecule has 1 saturated carbocycles. The largest absolute Gasteiger partial charge is 0.463 e. The van der Waals surface area contributed by atoms with Crippen molar-refractivity contribution >= 4 is 33.6 Å². The standard InChI is InChI=1S/C23H24N4O6S/c1-15(28)32-19-13-9-17(10-14-19)16-7-11-18(12-8-16)24-21(29)22-25-26-23(33-22)27-34(30,31)20-5-3-2-4-6-20/h2-8,11-12,17,19H,9-10,13-14H2,1H3,(H,24,29)(H,26,27). The van der Waals surface area contributed by atoms with Gasteiger partial charge in [-0.2, -0.15) is 0 Å². The quantitative estimate of drug-likeness (QED) is 0.484. The Hall–Kier alpha value is -3.73. The number of hydrogen-bond donors (Lipinski definition) is 2. The molecule has 4 rings (SSSR count). The summed E-state index contributed by atoms with van der Waals surface area (Å²) in [5.74, 6) is -0.913. The molecule has 0 aliphatic heterocycles. The molecule has 1 aliphatic rings. The first-order chi connectivity index (χ1) is 16.3. The predicted octanol–water partition coefficient (Wildman–Crippen LogP) is 3.71. The summed E-state index contributed by atoms with van der Waals surface area (Å²) in [4.78, 5) is 23.6. The first-order valence-electron chi connectivity index (χ1n) is 10.8. The summed E-state index contributed by atoms with van der Waals surface area (Å²) in [5, 5.41) is 9.86. The van der Waals surface area contributed by atoms with Gasteiger partial charge in [-0.15, -0.1) is 5.10 Å². The molecule has 178 valence electrons. The number of carbonyl (C=O) groups is 2. The zero-order valence-electron chi connectivity index (χ0n) is 18.4. The number of ether oxygens (including phenoxy) is 1. The van der Waals surface area contributed by atoms with Crippen LogP contribution in [0, 0.1) is 0 Å². The molecule has 0 radical (unpaired) electrons. The molecule has 3 aromatic rings. The monoisotopic (exact) mass is 484 g/mol. The third kappa shape index (κ3) is 5.79. The smallest absolute Gasteiger partial charge is 0.330 e. The molecule has 1 aromatic heterocycles. The van der Waals surface area contributed by atoms with Crippen LogP contribution in [-0.2, 0) is 19.6 Å². The topological polar surface area (TPSA) is 140 Å². The summed E-state index contributed by atoms with van der Waals surface area (Å²) in [6.45, 7) is 1.43. The van der Waals surface area contributed by atoms with Crippen molar-refractivity contribution in [2.24, 2.45) is 0 Å². The second-order valence-corrected chi connectivity index (χ2v) is 9.67. The highest BCUT2D eigenvalue weighted by Crippen LogP contribution is 2.34. The molecule has 2 N–H and O–H groups in total. The maximum atomic E-state index is 12.4. The number of anilines is 2. The average molecular weight is 485 g/mol. The molecular formula is C23H24N4O6S. The highest BCUT2D eigenvalue weighted by molar-refractivity contribution is 7.92. The lowest BCUT2D eigenvalue weighted by Crippen LogP contribution is -2.22. The molecule has 1 aliphatic carbocycles. The van der Waals surface area contributed by atoms with E-state index in [1.165, 1.54) is 19.1 Å². The van der Waals surface area contributed by atoms with Gasteiger partial charge in [0, 0.05) is 12.6 Å². The number of aromatic nitrogens is 2. The second kappa shape index (κ2) is 10.0. The van der Waals surface area contributed by atoms with Gasteiger partial charge in [-0.25, -0.2) is 13.1 Å². The van der Waals surface area contributed by atoms with E-state index in [9.17, 15) is 18.0 Å². The lowest BCUT2D eigenvalue weighted by molar-refractivity contribution is -0.147. The number of sulfonamides is 1. The molecule has 0 unspecified atom stereocenters. The van der Waals surface area contributed by atoms with Crippen LogP contribution < -0.4 is 10.0 Å². The Bertz CT molecular complexity index is 1250. The van der Waals surface area contributed by atoms with Crippen molar-refractivity contribution in [1.29, 1.82) is 0 Å². The van der Waals surface area contributed by atoms with Gasteiger partial charge in [0.05, 0.1) is 4.90 Å². The van der Waals surface area contributed by atoms with Gasteiger partial charge < -0.3 is 14.5 Å². The Balaban J connectivity index is 1.33. The number of nitrogens with zero attached hydrogens (tertiary/aromatic N) is 2. The van der Waals surface area contributed by atoms with Crippen LogP contribution in [0.3, 0.4) is 0 Å². The summed E-state index contributed by atoms with van der Waals surface area (Å²) in [6.07, 6.45) is 3.50. The molecule has 10 nitrogen and oxygen atoms in total. The van der Waals surface area contributed by atoms with Crippen molar-refractivity contribution in [2.75, 3.05) is 10.0 Å². The van der Waals surface area contributed by atoms with Gasteiger partial charge in [0.2, 0.25) is 0 Å². The van der Waals surface area contributed by atoms with E-state index in [1.54, 1.807) is 30.3 Å². The molecule has 0 spiro atoms. The summed E-state index contributed by atoms with van der Waals surface area (Å²) in [5.41, 5.74) is 1.68. The molecule has 0 saturated heterocycles. The van der Waals surface area contributed by atoms with E-state index >= 15 is 0 Å². The van der Waals surface area contributed by atoms with Crippen molar-refractivity contribution in [3.05, 3.63) is 66.1 Å². The molecule has 11 heteroatoms. The summed E-state index contributed by atoms with van der Waals surface area (Å²) < 4.78 is 37.3.